The third kappa shape index (κ3) is 2.85. The second-order valence-corrected chi connectivity index (χ2v) is 4.11. The number of benzene rings is 1. The molecule has 88 valence electrons. The largest absolute Gasteiger partial charge is 0.347 e. The summed E-state index contributed by atoms with van der Waals surface area (Å²) in [6.07, 6.45) is 3.37. The van der Waals surface area contributed by atoms with Crippen LogP contribution in [0.1, 0.15) is 21.7 Å². The van der Waals surface area contributed by atoms with E-state index in [9.17, 15) is 4.79 Å². The molecule has 2 aromatic rings. The zero-order chi connectivity index (χ0) is 12.3. The van der Waals surface area contributed by atoms with Crippen LogP contribution in [0.2, 0.25) is 5.02 Å². The molecule has 0 aliphatic carbocycles. The fraction of sp³-hybridized carbons (Fsp3) is 0.167. The number of amides is 1. The molecule has 0 radical (unpaired) electrons. The fourth-order valence-corrected chi connectivity index (χ4v) is 1.76. The van der Waals surface area contributed by atoms with E-state index in [1.807, 2.05) is 6.92 Å². The normalized spacial score (nSPS) is 10.2. The standard InChI is InChI=1S/C12H12ClN3O/c1-8-6-9(13)2-3-10(8)12(17)16-7-11-14-4-5-15-11/h2-6H,7H2,1H3,(H,14,15)(H,16,17). The number of carbonyl (C=O) groups is 1. The molecule has 1 aromatic heterocycles. The van der Waals surface area contributed by atoms with E-state index in [2.05, 4.69) is 15.3 Å². The third-order valence-electron chi connectivity index (χ3n) is 2.40. The first-order valence-corrected chi connectivity index (χ1v) is 5.57. The Kier molecular flexibility index (Phi) is 3.44. The first-order valence-electron chi connectivity index (χ1n) is 5.19. The highest BCUT2D eigenvalue weighted by atomic mass is 35.5. The number of nitrogens with zero attached hydrogens (tertiary/aromatic N) is 1. The van der Waals surface area contributed by atoms with Crippen molar-refractivity contribution in [1.82, 2.24) is 15.3 Å². The molecule has 0 bridgehead atoms. The monoisotopic (exact) mass is 249 g/mol. The molecule has 1 heterocycles. The van der Waals surface area contributed by atoms with Crippen molar-refractivity contribution in [3.8, 4) is 0 Å². The summed E-state index contributed by atoms with van der Waals surface area (Å²) in [5, 5.41) is 3.42. The van der Waals surface area contributed by atoms with Crippen LogP contribution < -0.4 is 5.32 Å². The molecule has 17 heavy (non-hydrogen) atoms. The number of nitrogens with one attached hydrogen (secondary N) is 2. The fourth-order valence-electron chi connectivity index (χ4n) is 1.54. The predicted molar refractivity (Wildman–Crippen MR) is 65.9 cm³/mol. The topological polar surface area (TPSA) is 57.8 Å². The number of hydrogen-bond acceptors (Lipinski definition) is 2. The average molecular weight is 250 g/mol. The van der Waals surface area contributed by atoms with Crippen LogP contribution in [0, 0.1) is 6.92 Å². The SMILES string of the molecule is Cc1cc(Cl)ccc1C(=O)NCc1ncc[nH]1. The van der Waals surface area contributed by atoms with Crippen LogP contribution in [-0.2, 0) is 6.54 Å². The van der Waals surface area contributed by atoms with Crippen LogP contribution in [0.5, 0.6) is 0 Å². The molecule has 0 atom stereocenters. The second-order valence-electron chi connectivity index (χ2n) is 3.68. The van der Waals surface area contributed by atoms with E-state index in [4.69, 9.17) is 11.6 Å². The molecule has 0 aliphatic rings. The van der Waals surface area contributed by atoms with Crippen molar-refractivity contribution < 1.29 is 4.79 Å². The van der Waals surface area contributed by atoms with Gasteiger partial charge in [-0.15, -0.1) is 0 Å². The lowest BCUT2D eigenvalue weighted by Gasteiger charge is -2.06. The van der Waals surface area contributed by atoms with Crippen LogP contribution in [0.4, 0.5) is 0 Å². The maximum atomic E-state index is 11.9. The van der Waals surface area contributed by atoms with Crippen LogP contribution in [0.25, 0.3) is 0 Å². The third-order valence-corrected chi connectivity index (χ3v) is 2.64. The number of halogens is 1. The van der Waals surface area contributed by atoms with Crippen molar-refractivity contribution in [2.24, 2.45) is 0 Å². The molecule has 0 unspecified atom stereocenters. The van der Waals surface area contributed by atoms with E-state index < -0.39 is 0 Å². The molecule has 4 nitrogen and oxygen atoms in total. The lowest BCUT2D eigenvalue weighted by molar-refractivity contribution is 0.0949. The van der Waals surface area contributed by atoms with Gasteiger partial charge in [-0.1, -0.05) is 11.6 Å². The molecule has 0 saturated heterocycles. The number of H-pyrrole nitrogens is 1. The second kappa shape index (κ2) is 5.01. The molecule has 0 saturated carbocycles. The highest BCUT2D eigenvalue weighted by Gasteiger charge is 2.09. The van der Waals surface area contributed by atoms with Crippen molar-refractivity contribution in [3.63, 3.8) is 0 Å². The Hall–Kier alpha value is -1.81. The Morgan fingerprint density at radius 1 is 1.53 bits per heavy atom. The minimum absolute atomic E-state index is 0.129. The van der Waals surface area contributed by atoms with E-state index in [-0.39, 0.29) is 5.91 Å². The molecule has 1 amide bonds. The summed E-state index contributed by atoms with van der Waals surface area (Å²) < 4.78 is 0. The lowest BCUT2D eigenvalue weighted by Crippen LogP contribution is -2.24. The maximum absolute atomic E-state index is 11.9. The number of hydrogen-bond donors (Lipinski definition) is 2. The highest BCUT2D eigenvalue weighted by molar-refractivity contribution is 6.30. The summed E-state index contributed by atoms with van der Waals surface area (Å²) in [4.78, 5) is 18.8. The maximum Gasteiger partial charge on any atom is 0.251 e. The zero-order valence-corrected chi connectivity index (χ0v) is 10.1. The number of aryl methyl sites for hydroxylation is 1. The summed E-state index contributed by atoms with van der Waals surface area (Å²) in [5.74, 6) is 0.598. The molecule has 2 rings (SSSR count). The van der Waals surface area contributed by atoms with E-state index in [1.165, 1.54) is 0 Å². The number of rotatable bonds is 3. The van der Waals surface area contributed by atoms with Gasteiger partial charge in [0.2, 0.25) is 0 Å². The summed E-state index contributed by atoms with van der Waals surface area (Å²) in [5.41, 5.74) is 1.48. The Morgan fingerprint density at radius 2 is 2.35 bits per heavy atom. The van der Waals surface area contributed by atoms with Crippen molar-refractivity contribution >= 4 is 17.5 Å². The van der Waals surface area contributed by atoms with Gasteiger partial charge >= 0.3 is 0 Å². The Labute approximate surface area is 104 Å². The molecule has 5 heteroatoms. The quantitative estimate of drug-likeness (QED) is 0.877. The van der Waals surface area contributed by atoms with E-state index in [0.717, 1.165) is 11.4 Å². The van der Waals surface area contributed by atoms with Gasteiger partial charge in [0.25, 0.3) is 5.91 Å². The van der Waals surface area contributed by atoms with Gasteiger partial charge < -0.3 is 10.3 Å². The number of aromatic nitrogens is 2. The molecular weight excluding hydrogens is 238 g/mol. The van der Waals surface area contributed by atoms with Gasteiger partial charge in [0, 0.05) is 23.0 Å². The minimum Gasteiger partial charge on any atom is -0.347 e. The van der Waals surface area contributed by atoms with Crippen LogP contribution in [-0.4, -0.2) is 15.9 Å². The van der Waals surface area contributed by atoms with Crippen LogP contribution >= 0.6 is 11.6 Å². The van der Waals surface area contributed by atoms with Crippen molar-refractivity contribution in [1.29, 1.82) is 0 Å². The summed E-state index contributed by atoms with van der Waals surface area (Å²) in [6.45, 7) is 2.24. The van der Waals surface area contributed by atoms with Gasteiger partial charge in [-0.05, 0) is 30.7 Å². The number of imidazole rings is 1. The zero-order valence-electron chi connectivity index (χ0n) is 9.33. The van der Waals surface area contributed by atoms with E-state index >= 15 is 0 Å². The molecule has 0 spiro atoms. The molecule has 1 aromatic carbocycles. The van der Waals surface area contributed by atoms with Gasteiger partial charge in [-0.25, -0.2) is 4.98 Å². The molecule has 0 fully saturated rings. The summed E-state index contributed by atoms with van der Waals surface area (Å²) in [6, 6.07) is 5.19. The van der Waals surface area contributed by atoms with E-state index in [1.54, 1.807) is 30.6 Å². The Balaban J connectivity index is 2.04. The molecule has 2 N–H and O–H groups in total. The van der Waals surface area contributed by atoms with Crippen molar-refractivity contribution in [2.75, 3.05) is 0 Å². The van der Waals surface area contributed by atoms with Gasteiger partial charge in [0.05, 0.1) is 6.54 Å². The highest BCUT2D eigenvalue weighted by Crippen LogP contribution is 2.15. The molecule has 0 aliphatic heterocycles. The van der Waals surface area contributed by atoms with Crippen molar-refractivity contribution in [3.05, 3.63) is 52.6 Å². The van der Waals surface area contributed by atoms with Crippen LogP contribution in [0.15, 0.2) is 30.6 Å². The first-order chi connectivity index (χ1) is 8.16. The minimum atomic E-state index is -0.129. The summed E-state index contributed by atoms with van der Waals surface area (Å²) in [7, 11) is 0. The van der Waals surface area contributed by atoms with Crippen LogP contribution in [0.3, 0.4) is 0 Å². The number of carbonyl (C=O) groups excluding carboxylic acids is 1. The lowest BCUT2D eigenvalue weighted by atomic mass is 10.1. The van der Waals surface area contributed by atoms with Gasteiger partial charge in [0.1, 0.15) is 5.82 Å². The van der Waals surface area contributed by atoms with E-state index in [0.29, 0.717) is 17.1 Å². The van der Waals surface area contributed by atoms with Gasteiger partial charge in [0.15, 0.2) is 0 Å². The Morgan fingerprint density at radius 3 is 3.00 bits per heavy atom. The smallest absolute Gasteiger partial charge is 0.251 e. The predicted octanol–water partition coefficient (Wildman–Crippen LogP) is 2.30. The average Bonchev–Trinajstić information content (AvgIpc) is 2.78. The molecular formula is C12H12ClN3O. The first kappa shape index (κ1) is 11.7. The van der Waals surface area contributed by atoms with Gasteiger partial charge in [-0.3, -0.25) is 4.79 Å². The number of aromatic amines is 1. The summed E-state index contributed by atoms with van der Waals surface area (Å²) >= 11 is 5.83. The van der Waals surface area contributed by atoms with Gasteiger partial charge in [-0.2, -0.15) is 0 Å². The van der Waals surface area contributed by atoms with Crippen molar-refractivity contribution in [2.45, 2.75) is 13.5 Å². The Bertz CT molecular complexity index is 523.